The van der Waals surface area contributed by atoms with E-state index in [1.165, 1.54) is 11.1 Å². The number of benzene rings is 1. The molecule has 1 aliphatic heterocycles. The van der Waals surface area contributed by atoms with Crippen LogP contribution in [0.15, 0.2) is 24.3 Å². The van der Waals surface area contributed by atoms with E-state index in [0.717, 1.165) is 13.0 Å². The van der Waals surface area contributed by atoms with E-state index in [0.29, 0.717) is 11.5 Å². The molecule has 0 bridgehead atoms. The van der Waals surface area contributed by atoms with E-state index in [-0.39, 0.29) is 6.04 Å². The van der Waals surface area contributed by atoms with Crippen LogP contribution in [0.5, 0.6) is 0 Å². The number of aryl methyl sites for hydroxylation is 1. The molecule has 3 nitrogen and oxygen atoms in total. The van der Waals surface area contributed by atoms with Crippen LogP contribution in [0.1, 0.15) is 17.5 Å². The van der Waals surface area contributed by atoms with Gasteiger partial charge in [-0.05, 0) is 18.9 Å². The van der Waals surface area contributed by atoms with E-state index in [4.69, 9.17) is 0 Å². The zero-order valence-corrected chi connectivity index (χ0v) is 10.3. The number of sulfone groups is 1. The summed E-state index contributed by atoms with van der Waals surface area (Å²) in [5.41, 5.74) is 2.45. The Bertz CT molecular complexity index is 450. The highest BCUT2D eigenvalue weighted by Crippen LogP contribution is 2.12. The Balaban J connectivity index is 1.87. The fourth-order valence-electron chi connectivity index (χ4n) is 1.92. The van der Waals surface area contributed by atoms with E-state index in [9.17, 15) is 8.42 Å². The maximum absolute atomic E-state index is 11.3. The first kappa shape index (κ1) is 11.6. The maximum atomic E-state index is 11.3. The molecule has 0 aromatic heterocycles. The van der Waals surface area contributed by atoms with Gasteiger partial charge in [0.05, 0.1) is 11.5 Å². The molecular formula is C12H17NO2S. The van der Waals surface area contributed by atoms with Crippen LogP contribution < -0.4 is 5.32 Å². The molecule has 0 saturated carbocycles. The van der Waals surface area contributed by atoms with Crippen molar-refractivity contribution in [2.45, 2.75) is 25.9 Å². The normalized spacial score (nSPS) is 23.4. The Kier molecular flexibility index (Phi) is 3.30. The van der Waals surface area contributed by atoms with Gasteiger partial charge in [0.25, 0.3) is 0 Å². The summed E-state index contributed by atoms with van der Waals surface area (Å²) in [6.07, 6.45) is 0.744. The van der Waals surface area contributed by atoms with E-state index >= 15 is 0 Å². The Morgan fingerprint density at radius 3 is 2.56 bits per heavy atom. The first-order valence-corrected chi connectivity index (χ1v) is 7.37. The molecule has 1 fully saturated rings. The van der Waals surface area contributed by atoms with Crippen molar-refractivity contribution in [3.63, 3.8) is 0 Å². The molecule has 16 heavy (non-hydrogen) atoms. The summed E-state index contributed by atoms with van der Waals surface area (Å²) in [6.45, 7) is 2.81. The van der Waals surface area contributed by atoms with Crippen molar-refractivity contribution in [3.8, 4) is 0 Å². The van der Waals surface area contributed by atoms with Crippen molar-refractivity contribution in [2.75, 3.05) is 11.5 Å². The average molecular weight is 239 g/mol. The van der Waals surface area contributed by atoms with Gasteiger partial charge in [-0.25, -0.2) is 8.42 Å². The van der Waals surface area contributed by atoms with Crippen LogP contribution in [0.4, 0.5) is 0 Å². The van der Waals surface area contributed by atoms with Gasteiger partial charge in [0.1, 0.15) is 0 Å². The fraction of sp³-hybridized carbons (Fsp3) is 0.500. The SMILES string of the molecule is Cc1ccc(CNC2CCS(=O)(=O)C2)cc1. The summed E-state index contributed by atoms with van der Waals surface area (Å²) in [5.74, 6) is 0.622. The lowest BCUT2D eigenvalue weighted by atomic mass is 10.1. The van der Waals surface area contributed by atoms with E-state index in [2.05, 4.69) is 36.5 Å². The second-order valence-corrected chi connectivity index (χ2v) is 6.70. The number of nitrogens with one attached hydrogen (secondary N) is 1. The van der Waals surface area contributed by atoms with Crippen molar-refractivity contribution >= 4 is 9.84 Å². The topological polar surface area (TPSA) is 46.2 Å². The summed E-state index contributed by atoms with van der Waals surface area (Å²) < 4.78 is 22.5. The van der Waals surface area contributed by atoms with Crippen LogP contribution in [0.25, 0.3) is 0 Å². The van der Waals surface area contributed by atoms with Crippen molar-refractivity contribution in [2.24, 2.45) is 0 Å². The monoisotopic (exact) mass is 239 g/mol. The van der Waals surface area contributed by atoms with E-state index < -0.39 is 9.84 Å². The first-order valence-electron chi connectivity index (χ1n) is 5.54. The van der Waals surface area contributed by atoms with Gasteiger partial charge < -0.3 is 5.32 Å². The molecule has 1 saturated heterocycles. The van der Waals surface area contributed by atoms with Gasteiger partial charge in [-0.15, -0.1) is 0 Å². The average Bonchev–Trinajstić information content (AvgIpc) is 2.58. The Morgan fingerprint density at radius 2 is 2.00 bits per heavy atom. The molecule has 1 aliphatic rings. The summed E-state index contributed by atoms with van der Waals surface area (Å²) in [4.78, 5) is 0. The molecule has 1 aromatic carbocycles. The molecule has 0 spiro atoms. The number of rotatable bonds is 3. The standard InChI is InChI=1S/C12H17NO2S/c1-10-2-4-11(5-3-10)8-13-12-6-7-16(14,15)9-12/h2-5,12-13H,6-9H2,1H3. The molecule has 1 aromatic rings. The van der Waals surface area contributed by atoms with Gasteiger partial charge in [0.15, 0.2) is 9.84 Å². The van der Waals surface area contributed by atoms with Crippen LogP contribution in [-0.4, -0.2) is 26.0 Å². The molecule has 1 heterocycles. The van der Waals surface area contributed by atoms with Gasteiger partial charge in [0.2, 0.25) is 0 Å². The third-order valence-corrected chi connectivity index (χ3v) is 4.72. The molecule has 4 heteroatoms. The second kappa shape index (κ2) is 4.55. The minimum atomic E-state index is -2.77. The minimum absolute atomic E-state index is 0.131. The smallest absolute Gasteiger partial charge is 0.151 e. The van der Waals surface area contributed by atoms with Gasteiger partial charge in [-0.2, -0.15) is 0 Å². The lowest BCUT2D eigenvalue weighted by Crippen LogP contribution is -2.29. The quantitative estimate of drug-likeness (QED) is 0.864. The van der Waals surface area contributed by atoms with Gasteiger partial charge in [-0.3, -0.25) is 0 Å². The minimum Gasteiger partial charge on any atom is -0.309 e. The third kappa shape index (κ3) is 3.06. The lowest BCUT2D eigenvalue weighted by molar-refractivity contribution is 0.554. The predicted octanol–water partition coefficient (Wildman–Crippen LogP) is 1.27. The molecular weight excluding hydrogens is 222 g/mol. The first-order chi connectivity index (χ1) is 7.55. The maximum Gasteiger partial charge on any atom is 0.151 e. The molecule has 88 valence electrons. The summed E-state index contributed by atoms with van der Waals surface area (Å²) in [5, 5.41) is 3.29. The van der Waals surface area contributed by atoms with Crippen molar-refractivity contribution < 1.29 is 8.42 Å². The number of hydrogen-bond donors (Lipinski definition) is 1. The van der Waals surface area contributed by atoms with Gasteiger partial charge >= 0.3 is 0 Å². The van der Waals surface area contributed by atoms with E-state index in [1.54, 1.807) is 0 Å². The van der Waals surface area contributed by atoms with Crippen LogP contribution >= 0.6 is 0 Å². The Labute approximate surface area is 96.8 Å². The zero-order valence-electron chi connectivity index (χ0n) is 9.44. The van der Waals surface area contributed by atoms with Crippen LogP contribution in [0, 0.1) is 6.92 Å². The van der Waals surface area contributed by atoms with Crippen LogP contribution in [-0.2, 0) is 16.4 Å². The summed E-state index contributed by atoms with van der Waals surface area (Å²) in [7, 11) is -2.77. The molecule has 0 amide bonds. The molecule has 0 radical (unpaired) electrons. The molecule has 1 atom stereocenters. The fourth-order valence-corrected chi connectivity index (χ4v) is 3.63. The van der Waals surface area contributed by atoms with E-state index in [1.807, 2.05) is 0 Å². The van der Waals surface area contributed by atoms with Crippen LogP contribution in [0.2, 0.25) is 0 Å². The molecule has 1 unspecified atom stereocenters. The van der Waals surface area contributed by atoms with Gasteiger partial charge in [-0.1, -0.05) is 29.8 Å². The van der Waals surface area contributed by atoms with Crippen molar-refractivity contribution in [1.82, 2.24) is 5.32 Å². The molecule has 2 rings (SSSR count). The number of hydrogen-bond acceptors (Lipinski definition) is 3. The largest absolute Gasteiger partial charge is 0.309 e. The molecule has 1 N–H and O–H groups in total. The second-order valence-electron chi connectivity index (χ2n) is 4.47. The highest BCUT2D eigenvalue weighted by atomic mass is 32.2. The zero-order chi connectivity index (χ0) is 11.6. The Morgan fingerprint density at radius 1 is 1.31 bits per heavy atom. The van der Waals surface area contributed by atoms with Crippen molar-refractivity contribution in [1.29, 1.82) is 0 Å². The Hall–Kier alpha value is -0.870. The highest BCUT2D eigenvalue weighted by Gasteiger charge is 2.27. The van der Waals surface area contributed by atoms with Crippen LogP contribution in [0.3, 0.4) is 0 Å². The lowest BCUT2D eigenvalue weighted by Gasteiger charge is -2.10. The molecule has 0 aliphatic carbocycles. The summed E-state index contributed by atoms with van der Waals surface area (Å²) >= 11 is 0. The third-order valence-electron chi connectivity index (χ3n) is 2.95. The summed E-state index contributed by atoms with van der Waals surface area (Å²) in [6, 6.07) is 8.42. The van der Waals surface area contributed by atoms with Crippen molar-refractivity contribution in [3.05, 3.63) is 35.4 Å². The predicted molar refractivity (Wildman–Crippen MR) is 65.1 cm³/mol. The van der Waals surface area contributed by atoms with Gasteiger partial charge in [0, 0.05) is 12.6 Å². The highest BCUT2D eigenvalue weighted by molar-refractivity contribution is 7.91.